The topological polar surface area (TPSA) is 67.5 Å². The van der Waals surface area contributed by atoms with E-state index in [1.165, 1.54) is 4.68 Å². The highest BCUT2D eigenvalue weighted by Crippen LogP contribution is 2.20. The molecule has 0 saturated carbocycles. The molecule has 0 amide bonds. The van der Waals surface area contributed by atoms with Gasteiger partial charge in [0.1, 0.15) is 7.85 Å². The summed E-state index contributed by atoms with van der Waals surface area (Å²) in [5, 5.41) is 15.2. The number of rotatable bonds is 4. The number of aromatic nitrogens is 2. The van der Waals surface area contributed by atoms with Gasteiger partial charge in [-0.25, -0.2) is 0 Å². The fourth-order valence-corrected chi connectivity index (χ4v) is 1.38. The lowest BCUT2D eigenvalue weighted by Gasteiger charge is -2.01. The van der Waals surface area contributed by atoms with E-state index < -0.39 is 0 Å². The van der Waals surface area contributed by atoms with Gasteiger partial charge in [0.05, 0.1) is 0 Å². The Morgan fingerprint density at radius 2 is 2.38 bits per heavy atom. The van der Waals surface area contributed by atoms with Crippen LogP contribution in [0.15, 0.2) is 9.78 Å². The lowest BCUT2D eigenvalue weighted by molar-refractivity contribution is 0.277. The molecule has 0 bridgehead atoms. The summed E-state index contributed by atoms with van der Waals surface area (Å²) in [6.07, 6.45) is 0.538. The molecule has 1 aromatic rings. The summed E-state index contributed by atoms with van der Waals surface area (Å²) in [6.45, 7) is 0.525. The van der Waals surface area contributed by atoms with Crippen LogP contribution < -0.4 is 5.59 Å². The summed E-state index contributed by atoms with van der Waals surface area (Å²) in [5.74, 6) is 0. The van der Waals surface area contributed by atoms with Gasteiger partial charge in [-0.1, -0.05) is 0 Å². The largest absolute Gasteiger partial charge is 0.396 e. The lowest BCUT2D eigenvalue weighted by atomic mass is 10.0. The molecule has 0 aliphatic rings. The second kappa shape index (κ2) is 4.52. The third-order valence-corrected chi connectivity index (χ3v) is 2.08. The van der Waals surface area contributed by atoms with E-state index in [9.17, 15) is 4.91 Å². The van der Waals surface area contributed by atoms with Gasteiger partial charge in [-0.15, -0.1) is 4.91 Å². The standard InChI is InChI=1S/C6H7BBrN3O2/c7-5-4(10-13)6(8)9-11(5)2-1-3-12/h12H,1-3H2. The second-order valence-electron chi connectivity index (χ2n) is 2.42. The number of hydrogen-bond acceptors (Lipinski definition) is 4. The van der Waals surface area contributed by atoms with E-state index in [1.807, 2.05) is 0 Å². The molecule has 5 nitrogen and oxygen atoms in total. The van der Waals surface area contributed by atoms with Crippen molar-refractivity contribution in [2.45, 2.75) is 13.0 Å². The number of aryl methyl sites for hydroxylation is 1. The van der Waals surface area contributed by atoms with Crippen LogP contribution in [0.25, 0.3) is 0 Å². The van der Waals surface area contributed by atoms with E-state index in [4.69, 9.17) is 13.0 Å². The van der Waals surface area contributed by atoms with Gasteiger partial charge >= 0.3 is 0 Å². The Hall–Kier alpha value is -0.685. The maximum atomic E-state index is 10.3. The molecule has 0 fully saturated rings. The van der Waals surface area contributed by atoms with Gasteiger partial charge < -0.3 is 5.11 Å². The predicted molar refractivity (Wildman–Crippen MR) is 52.5 cm³/mol. The van der Waals surface area contributed by atoms with Crippen molar-refractivity contribution in [2.75, 3.05) is 6.61 Å². The minimum Gasteiger partial charge on any atom is -0.396 e. The summed E-state index contributed by atoms with van der Waals surface area (Å²) < 4.78 is 1.76. The average molecular weight is 244 g/mol. The summed E-state index contributed by atoms with van der Waals surface area (Å²) in [7, 11) is 5.55. The maximum absolute atomic E-state index is 10.3. The van der Waals surface area contributed by atoms with Crippen LogP contribution >= 0.6 is 15.9 Å². The van der Waals surface area contributed by atoms with Gasteiger partial charge in [-0.3, -0.25) is 4.68 Å². The quantitative estimate of drug-likeness (QED) is 0.608. The predicted octanol–water partition coefficient (Wildman–Crippen LogP) is 0.220. The van der Waals surface area contributed by atoms with Gasteiger partial charge in [0, 0.05) is 18.7 Å². The molecule has 0 saturated heterocycles. The molecular formula is C6H7BBrN3O2. The van der Waals surface area contributed by atoms with Crippen LogP contribution in [-0.2, 0) is 6.54 Å². The summed E-state index contributed by atoms with van der Waals surface area (Å²) in [6, 6.07) is 0. The van der Waals surface area contributed by atoms with Crippen molar-refractivity contribution in [3.8, 4) is 0 Å². The first-order valence-corrected chi connectivity index (χ1v) is 4.46. The molecule has 1 rings (SSSR count). The van der Waals surface area contributed by atoms with E-state index in [0.29, 0.717) is 17.6 Å². The zero-order valence-electron chi connectivity index (χ0n) is 6.77. The molecule has 0 atom stereocenters. The van der Waals surface area contributed by atoms with Gasteiger partial charge in [0.15, 0.2) is 10.3 Å². The second-order valence-corrected chi connectivity index (χ2v) is 3.17. The molecule has 0 aromatic carbocycles. The number of aliphatic hydroxyl groups excluding tert-OH is 1. The monoisotopic (exact) mass is 243 g/mol. The van der Waals surface area contributed by atoms with Crippen LogP contribution in [0.1, 0.15) is 6.42 Å². The van der Waals surface area contributed by atoms with Crippen LogP contribution in [0.2, 0.25) is 0 Å². The van der Waals surface area contributed by atoms with Crippen molar-refractivity contribution in [2.24, 2.45) is 5.18 Å². The van der Waals surface area contributed by atoms with Crippen molar-refractivity contribution in [3.05, 3.63) is 9.51 Å². The van der Waals surface area contributed by atoms with E-state index in [0.717, 1.165) is 0 Å². The van der Waals surface area contributed by atoms with Crippen LogP contribution in [0, 0.1) is 4.91 Å². The van der Waals surface area contributed by atoms with Crippen molar-refractivity contribution >= 4 is 35.1 Å². The molecule has 2 radical (unpaired) electrons. The molecule has 0 aliphatic carbocycles. The third kappa shape index (κ3) is 2.16. The Kier molecular flexibility index (Phi) is 3.62. The Balaban J connectivity index is 2.90. The van der Waals surface area contributed by atoms with Crippen LogP contribution in [0.5, 0.6) is 0 Å². The molecule has 1 N–H and O–H groups in total. The van der Waals surface area contributed by atoms with Crippen molar-refractivity contribution < 1.29 is 5.11 Å². The number of halogens is 1. The summed E-state index contributed by atoms with van der Waals surface area (Å²) in [4.78, 5) is 10.3. The van der Waals surface area contributed by atoms with Crippen molar-refractivity contribution in [3.63, 3.8) is 0 Å². The van der Waals surface area contributed by atoms with Crippen LogP contribution in [0.4, 0.5) is 5.69 Å². The fourth-order valence-electron chi connectivity index (χ4n) is 0.910. The molecule has 1 aromatic heterocycles. The van der Waals surface area contributed by atoms with E-state index in [2.05, 4.69) is 26.2 Å². The molecular weight excluding hydrogens is 237 g/mol. The Bertz CT molecular complexity index is 315. The molecule has 1 heterocycles. The molecule has 68 valence electrons. The highest BCUT2D eigenvalue weighted by molar-refractivity contribution is 9.10. The van der Waals surface area contributed by atoms with Crippen molar-refractivity contribution in [1.82, 2.24) is 9.78 Å². The lowest BCUT2D eigenvalue weighted by Crippen LogP contribution is -2.19. The minimum absolute atomic E-state index is 0.0563. The zero-order chi connectivity index (χ0) is 9.84. The van der Waals surface area contributed by atoms with Gasteiger partial charge in [-0.05, 0) is 27.5 Å². The summed E-state index contributed by atoms with van der Waals surface area (Å²) in [5.41, 5.74) is 0.327. The Morgan fingerprint density at radius 1 is 1.69 bits per heavy atom. The normalized spacial score (nSPS) is 10.3. The number of nitroso groups, excluding NO2 is 1. The molecule has 13 heavy (non-hydrogen) atoms. The summed E-state index contributed by atoms with van der Waals surface area (Å²) >= 11 is 3.05. The van der Waals surface area contributed by atoms with Crippen molar-refractivity contribution in [1.29, 1.82) is 0 Å². The third-order valence-electron chi connectivity index (χ3n) is 1.54. The van der Waals surface area contributed by atoms with Crippen LogP contribution in [-0.4, -0.2) is 29.3 Å². The Labute approximate surface area is 84.6 Å². The first kappa shape index (κ1) is 10.4. The highest BCUT2D eigenvalue weighted by Gasteiger charge is 2.11. The van der Waals surface area contributed by atoms with Gasteiger partial charge in [0.25, 0.3) is 0 Å². The SMILES string of the molecule is [B]c1c(N=O)c(Br)nn1CCCO. The maximum Gasteiger partial charge on any atom is 0.156 e. The van der Waals surface area contributed by atoms with E-state index in [1.54, 1.807) is 0 Å². The van der Waals surface area contributed by atoms with Gasteiger partial charge in [-0.2, -0.15) is 5.10 Å². The van der Waals surface area contributed by atoms with E-state index in [-0.39, 0.29) is 17.9 Å². The molecule has 0 spiro atoms. The van der Waals surface area contributed by atoms with Gasteiger partial charge in [0.2, 0.25) is 0 Å². The Morgan fingerprint density at radius 3 is 2.85 bits per heavy atom. The smallest absolute Gasteiger partial charge is 0.156 e. The first-order valence-electron chi connectivity index (χ1n) is 3.66. The minimum atomic E-state index is 0.0563. The molecule has 0 aliphatic heterocycles. The number of nitrogens with zero attached hydrogens (tertiary/aromatic N) is 3. The average Bonchev–Trinajstić information content (AvgIpc) is 2.38. The zero-order valence-corrected chi connectivity index (χ0v) is 8.36. The number of aliphatic hydroxyl groups is 1. The highest BCUT2D eigenvalue weighted by atomic mass is 79.9. The number of hydrogen-bond donors (Lipinski definition) is 1. The fraction of sp³-hybridized carbons (Fsp3) is 0.500. The molecule has 7 heteroatoms. The first-order chi connectivity index (χ1) is 6.20. The molecule has 0 unspecified atom stereocenters. The van der Waals surface area contributed by atoms with Crippen LogP contribution in [0.3, 0.4) is 0 Å². The van der Waals surface area contributed by atoms with E-state index >= 15 is 0 Å².